The Morgan fingerprint density at radius 2 is 2.17 bits per heavy atom. The first kappa shape index (κ1) is 12.5. The van der Waals surface area contributed by atoms with E-state index in [-0.39, 0.29) is 17.5 Å². The van der Waals surface area contributed by atoms with Gasteiger partial charge in [0, 0.05) is 22.2 Å². The number of aromatic amines is 1. The van der Waals surface area contributed by atoms with E-state index in [2.05, 4.69) is 9.97 Å². The van der Waals surface area contributed by atoms with Crippen molar-refractivity contribution in [2.45, 2.75) is 20.3 Å². The Bertz CT molecular complexity index is 658. The molecule has 0 saturated carbocycles. The van der Waals surface area contributed by atoms with Gasteiger partial charge in [0.2, 0.25) is 0 Å². The van der Waals surface area contributed by atoms with Gasteiger partial charge in [0.15, 0.2) is 0 Å². The van der Waals surface area contributed by atoms with E-state index in [0.29, 0.717) is 11.5 Å². The molecule has 0 aliphatic carbocycles. The molecule has 2 aromatic rings. The topological polar surface area (TPSA) is 83.0 Å². The van der Waals surface area contributed by atoms with Crippen molar-refractivity contribution in [3.05, 3.63) is 37.9 Å². The molecule has 2 rings (SSSR count). The van der Waals surface area contributed by atoms with Gasteiger partial charge in [0.05, 0.1) is 6.42 Å². The summed E-state index contributed by atoms with van der Waals surface area (Å²) in [5, 5.41) is 12.6. The van der Waals surface area contributed by atoms with Crippen LogP contribution in [0, 0.1) is 13.8 Å². The highest BCUT2D eigenvalue weighted by molar-refractivity contribution is 7.08. The first-order valence-electron chi connectivity index (χ1n) is 5.33. The summed E-state index contributed by atoms with van der Waals surface area (Å²) >= 11 is 1.53. The lowest BCUT2D eigenvalue weighted by atomic mass is 10.1. The fourth-order valence-electron chi connectivity index (χ4n) is 1.70. The van der Waals surface area contributed by atoms with E-state index in [0.717, 1.165) is 11.1 Å². The van der Waals surface area contributed by atoms with Gasteiger partial charge in [0.1, 0.15) is 5.82 Å². The van der Waals surface area contributed by atoms with Crippen molar-refractivity contribution in [2.75, 3.05) is 0 Å². The molecule has 0 atom stereocenters. The molecule has 0 bridgehead atoms. The maximum absolute atomic E-state index is 11.8. The second kappa shape index (κ2) is 4.73. The summed E-state index contributed by atoms with van der Waals surface area (Å²) in [6, 6.07) is 0. The molecular formula is C12H12N2O3S. The van der Waals surface area contributed by atoms with Gasteiger partial charge in [-0.05, 0) is 24.8 Å². The number of thiophene rings is 1. The number of carboxylic acid groups (broad SMARTS) is 1. The van der Waals surface area contributed by atoms with Gasteiger partial charge in [0.25, 0.3) is 5.56 Å². The molecule has 6 heteroatoms. The van der Waals surface area contributed by atoms with Gasteiger partial charge < -0.3 is 10.1 Å². The lowest BCUT2D eigenvalue weighted by molar-refractivity contribution is -0.136. The maximum Gasteiger partial charge on any atom is 0.308 e. The van der Waals surface area contributed by atoms with Crippen molar-refractivity contribution < 1.29 is 9.90 Å². The first-order chi connectivity index (χ1) is 8.49. The van der Waals surface area contributed by atoms with Crippen molar-refractivity contribution in [3.63, 3.8) is 0 Å². The minimum absolute atomic E-state index is 0.208. The molecule has 0 unspecified atom stereocenters. The van der Waals surface area contributed by atoms with E-state index < -0.39 is 5.97 Å². The fraction of sp³-hybridized carbons (Fsp3) is 0.250. The van der Waals surface area contributed by atoms with E-state index in [1.54, 1.807) is 6.92 Å². The van der Waals surface area contributed by atoms with E-state index in [1.165, 1.54) is 11.3 Å². The molecular weight excluding hydrogens is 252 g/mol. The average molecular weight is 264 g/mol. The zero-order valence-electron chi connectivity index (χ0n) is 9.98. The second-order valence-corrected chi connectivity index (χ2v) is 4.76. The Morgan fingerprint density at radius 1 is 1.44 bits per heavy atom. The molecule has 0 amide bonds. The van der Waals surface area contributed by atoms with Gasteiger partial charge in [-0.1, -0.05) is 0 Å². The summed E-state index contributed by atoms with van der Waals surface area (Å²) in [5.41, 5.74) is 2.20. The molecule has 94 valence electrons. The number of nitrogens with zero attached hydrogens (tertiary/aromatic N) is 1. The maximum atomic E-state index is 11.8. The van der Waals surface area contributed by atoms with Crippen LogP contribution in [-0.4, -0.2) is 21.0 Å². The summed E-state index contributed by atoms with van der Waals surface area (Å²) in [6.45, 7) is 3.59. The SMILES string of the molecule is Cc1cscc1-c1nc(C)c(CC(=O)O)c(=O)[nH]1. The van der Waals surface area contributed by atoms with Crippen LogP contribution in [0.25, 0.3) is 11.4 Å². The second-order valence-electron chi connectivity index (χ2n) is 4.02. The number of hydrogen-bond acceptors (Lipinski definition) is 4. The molecule has 0 aliphatic heterocycles. The van der Waals surface area contributed by atoms with Crippen LogP contribution < -0.4 is 5.56 Å². The number of aryl methyl sites for hydroxylation is 2. The minimum atomic E-state index is -1.04. The molecule has 0 aliphatic rings. The van der Waals surface area contributed by atoms with Crippen molar-refractivity contribution in [2.24, 2.45) is 0 Å². The largest absolute Gasteiger partial charge is 0.481 e. The van der Waals surface area contributed by atoms with E-state index in [1.807, 2.05) is 17.7 Å². The third-order valence-corrected chi connectivity index (χ3v) is 3.52. The number of rotatable bonds is 3. The number of nitrogens with one attached hydrogen (secondary N) is 1. The number of carboxylic acids is 1. The fourth-order valence-corrected chi connectivity index (χ4v) is 2.53. The standard InChI is InChI=1S/C12H12N2O3S/c1-6-4-18-5-9(6)11-13-7(2)8(3-10(15)16)12(17)14-11/h4-5H,3H2,1-2H3,(H,15,16)(H,13,14,17). The average Bonchev–Trinajstić information content (AvgIpc) is 2.69. The third kappa shape index (κ3) is 2.33. The van der Waals surface area contributed by atoms with Crippen LogP contribution in [-0.2, 0) is 11.2 Å². The zero-order chi connectivity index (χ0) is 13.3. The Hall–Kier alpha value is -1.95. The van der Waals surface area contributed by atoms with E-state index >= 15 is 0 Å². The quantitative estimate of drug-likeness (QED) is 0.884. The summed E-state index contributed by atoms with van der Waals surface area (Å²) in [7, 11) is 0. The van der Waals surface area contributed by atoms with Crippen molar-refractivity contribution >= 4 is 17.3 Å². The van der Waals surface area contributed by atoms with E-state index in [4.69, 9.17) is 5.11 Å². The van der Waals surface area contributed by atoms with Gasteiger partial charge in [-0.15, -0.1) is 0 Å². The monoisotopic (exact) mass is 264 g/mol. The molecule has 2 N–H and O–H groups in total. The van der Waals surface area contributed by atoms with Crippen LogP contribution in [0.1, 0.15) is 16.8 Å². The minimum Gasteiger partial charge on any atom is -0.481 e. The number of carbonyl (C=O) groups is 1. The molecule has 18 heavy (non-hydrogen) atoms. The molecule has 5 nitrogen and oxygen atoms in total. The third-order valence-electron chi connectivity index (χ3n) is 2.66. The van der Waals surface area contributed by atoms with Crippen LogP contribution in [0.4, 0.5) is 0 Å². The van der Waals surface area contributed by atoms with Crippen LogP contribution in [0.2, 0.25) is 0 Å². The Morgan fingerprint density at radius 3 is 2.67 bits per heavy atom. The Labute approximate surface area is 107 Å². The number of H-pyrrole nitrogens is 1. The first-order valence-corrected chi connectivity index (χ1v) is 6.28. The normalized spacial score (nSPS) is 10.6. The molecule has 0 saturated heterocycles. The van der Waals surface area contributed by atoms with Gasteiger partial charge in [-0.25, -0.2) is 4.98 Å². The molecule has 0 spiro atoms. The van der Waals surface area contributed by atoms with Crippen LogP contribution >= 0.6 is 11.3 Å². The molecule has 0 fully saturated rings. The highest BCUT2D eigenvalue weighted by atomic mass is 32.1. The predicted molar refractivity (Wildman–Crippen MR) is 69.0 cm³/mol. The summed E-state index contributed by atoms with van der Waals surface area (Å²) in [6.07, 6.45) is -0.308. The molecule has 2 aromatic heterocycles. The summed E-state index contributed by atoms with van der Waals surface area (Å²) < 4.78 is 0. The van der Waals surface area contributed by atoms with Gasteiger partial charge >= 0.3 is 5.97 Å². The van der Waals surface area contributed by atoms with Crippen molar-refractivity contribution in [1.82, 2.24) is 9.97 Å². The lowest BCUT2D eigenvalue weighted by Crippen LogP contribution is -2.20. The van der Waals surface area contributed by atoms with Crippen LogP contribution in [0.3, 0.4) is 0 Å². The zero-order valence-corrected chi connectivity index (χ0v) is 10.8. The Kier molecular flexibility index (Phi) is 3.29. The van der Waals surface area contributed by atoms with Crippen LogP contribution in [0.5, 0.6) is 0 Å². The highest BCUT2D eigenvalue weighted by Crippen LogP contribution is 2.23. The van der Waals surface area contributed by atoms with Crippen molar-refractivity contribution in [3.8, 4) is 11.4 Å². The highest BCUT2D eigenvalue weighted by Gasteiger charge is 2.13. The number of hydrogen-bond donors (Lipinski definition) is 2. The molecule has 0 radical (unpaired) electrons. The summed E-state index contributed by atoms with van der Waals surface area (Å²) in [5.74, 6) is -0.546. The molecule has 2 heterocycles. The Balaban J connectivity index is 2.53. The smallest absolute Gasteiger partial charge is 0.308 e. The van der Waals surface area contributed by atoms with Gasteiger partial charge in [-0.3, -0.25) is 9.59 Å². The van der Waals surface area contributed by atoms with E-state index in [9.17, 15) is 9.59 Å². The molecule has 0 aromatic carbocycles. The van der Waals surface area contributed by atoms with Crippen molar-refractivity contribution in [1.29, 1.82) is 0 Å². The predicted octanol–water partition coefficient (Wildman–Crippen LogP) is 1.74. The lowest BCUT2D eigenvalue weighted by Gasteiger charge is -2.05. The number of aliphatic carboxylic acids is 1. The van der Waals surface area contributed by atoms with Crippen LogP contribution in [0.15, 0.2) is 15.6 Å². The summed E-state index contributed by atoms with van der Waals surface area (Å²) in [4.78, 5) is 29.4. The van der Waals surface area contributed by atoms with Gasteiger partial charge in [-0.2, -0.15) is 11.3 Å². The number of aromatic nitrogens is 2.